The zero-order valence-corrected chi connectivity index (χ0v) is 14.6. The Bertz CT molecular complexity index is 858. The second-order valence-corrected chi connectivity index (χ2v) is 5.37. The molecule has 7 heteroatoms. The van der Waals surface area contributed by atoms with Gasteiger partial charge >= 0.3 is 12.1 Å². The summed E-state index contributed by atoms with van der Waals surface area (Å²) in [4.78, 5) is 34.4. The van der Waals surface area contributed by atoms with Crippen LogP contribution in [0.3, 0.4) is 0 Å². The summed E-state index contributed by atoms with van der Waals surface area (Å²) in [7, 11) is 2.73. The number of alkyl carbamates (subject to hydrolysis) is 1. The zero-order chi connectivity index (χ0) is 19.1. The number of carbonyl (C=O) groups is 3. The quantitative estimate of drug-likeness (QED) is 0.653. The SMILES string of the molecule is COC(=O)NC(=O)[C@@H](C)OC(=O)/C=C/c1ccc2cc(OC)ccc2c1. The second kappa shape index (κ2) is 8.66. The number of benzene rings is 2. The molecule has 0 spiro atoms. The molecular formula is C19H19NO6. The van der Waals surface area contributed by atoms with Crippen LogP contribution in [0.1, 0.15) is 12.5 Å². The van der Waals surface area contributed by atoms with Crippen molar-refractivity contribution >= 4 is 34.8 Å². The lowest BCUT2D eigenvalue weighted by molar-refractivity contribution is -0.149. The Hall–Kier alpha value is -3.35. The number of imide groups is 1. The second-order valence-electron chi connectivity index (χ2n) is 5.37. The number of carbonyl (C=O) groups excluding carboxylic acids is 3. The number of hydrogen-bond acceptors (Lipinski definition) is 6. The van der Waals surface area contributed by atoms with E-state index in [2.05, 4.69) is 4.74 Å². The molecule has 1 N–H and O–H groups in total. The molecular weight excluding hydrogens is 338 g/mol. The van der Waals surface area contributed by atoms with Crippen LogP contribution in [0.5, 0.6) is 5.75 Å². The molecule has 0 heterocycles. The molecule has 0 fully saturated rings. The van der Waals surface area contributed by atoms with Crippen LogP contribution in [0.25, 0.3) is 16.8 Å². The highest BCUT2D eigenvalue weighted by atomic mass is 16.6. The summed E-state index contributed by atoms with van der Waals surface area (Å²) >= 11 is 0. The molecule has 2 amide bonds. The summed E-state index contributed by atoms with van der Waals surface area (Å²) in [6, 6.07) is 11.4. The molecule has 1 atom stereocenters. The van der Waals surface area contributed by atoms with E-state index in [1.54, 1.807) is 13.2 Å². The third kappa shape index (κ3) is 5.07. The summed E-state index contributed by atoms with van der Waals surface area (Å²) < 4.78 is 14.4. The lowest BCUT2D eigenvalue weighted by Crippen LogP contribution is -2.39. The van der Waals surface area contributed by atoms with Crippen LogP contribution >= 0.6 is 0 Å². The fraction of sp³-hybridized carbons (Fsp3) is 0.211. The Balaban J connectivity index is 2.00. The Morgan fingerprint density at radius 1 is 1.04 bits per heavy atom. The van der Waals surface area contributed by atoms with Gasteiger partial charge in [0.15, 0.2) is 6.10 Å². The number of hydrogen-bond donors (Lipinski definition) is 1. The molecule has 0 aliphatic rings. The highest BCUT2D eigenvalue weighted by Gasteiger charge is 2.19. The van der Waals surface area contributed by atoms with Crippen molar-refractivity contribution in [1.29, 1.82) is 0 Å². The largest absolute Gasteiger partial charge is 0.497 e. The first-order valence-electron chi connectivity index (χ1n) is 7.78. The number of ether oxygens (including phenoxy) is 3. The van der Waals surface area contributed by atoms with Gasteiger partial charge in [-0.05, 0) is 47.5 Å². The summed E-state index contributed by atoms with van der Waals surface area (Å²) in [6.07, 6.45) is 0.750. The molecule has 2 aromatic rings. The van der Waals surface area contributed by atoms with Crippen molar-refractivity contribution in [3.63, 3.8) is 0 Å². The van der Waals surface area contributed by atoms with Crippen LogP contribution in [0.15, 0.2) is 42.5 Å². The number of rotatable bonds is 5. The summed E-state index contributed by atoms with van der Waals surface area (Å²) in [5.74, 6) is -0.700. The van der Waals surface area contributed by atoms with Gasteiger partial charge in [0.1, 0.15) is 5.75 Å². The van der Waals surface area contributed by atoms with Crippen molar-refractivity contribution < 1.29 is 28.6 Å². The number of methoxy groups -OCH3 is 2. The molecule has 0 radical (unpaired) electrons. The normalized spacial score (nSPS) is 11.8. The Morgan fingerprint density at radius 2 is 1.73 bits per heavy atom. The highest BCUT2D eigenvalue weighted by molar-refractivity contribution is 5.96. The molecule has 0 unspecified atom stereocenters. The van der Waals surface area contributed by atoms with Gasteiger partial charge in [-0.25, -0.2) is 9.59 Å². The predicted molar refractivity (Wildman–Crippen MR) is 95.6 cm³/mol. The summed E-state index contributed by atoms with van der Waals surface area (Å²) in [6.45, 7) is 1.35. The van der Waals surface area contributed by atoms with E-state index in [4.69, 9.17) is 9.47 Å². The van der Waals surface area contributed by atoms with Gasteiger partial charge in [-0.2, -0.15) is 0 Å². The summed E-state index contributed by atoms with van der Waals surface area (Å²) in [5.41, 5.74) is 0.797. The van der Waals surface area contributed by atoms with E-state index < -0.39 is 24.1 Å². The molecule has 0 aromatic heterocycles. The van der Waals surface area contributed by atoms with Crippen molar-refractivity contribution in [1.82, 2.24) is 5.32 Å². The maximum absolute atomic E-state index is 11.8. The standard InChI is InChI=1S/C19H19NO6/c1-12(18(22)20-19(23)25-3)26-17(21)9-5-13-4-6-15-11-16(24-2)8-7-14(15)10-13/h4-12H,1-3H3,(H,20,22,23)/b9-5+/t12-/m1/s1. The average molecular weight is 357 g/mol. The first kappa shape index (κ1) is 19.0. The molecule has 0 saturated carbocycles. The first-order chi connectivity index (χ1) is 12.4. The van der Waals surface area contributed by atoms with Gasteiger partial charge < -0.3 is 14.2 Å². The Kier molecular flexibility index (Phi) is 6.32. The summed E-state index contributed by atoms with van der Waals surface area (Å²) in [5, 5.41) is 3.93. The molecule has 2 rings (SSSR count). The van der Waals surface area contributed by atoms with E-state index in [9.17, 15) is 14.4 Å². The fourth-order valence-electron chi connectivity index (χ4n) is 2.16. The van der Waals surface area contributed by atoms with Gasteiger partial charge in [-0.15, -0.1) is 0 Å². The maximum Gasteiger partial charge on any atom is 0.413 e. The predicted octanol–water partition coefficient (Wildman–Crippen LogP) is 2.68. The molecule has 136 valence electrons. The number of nitrogens with one attached hydrogen (secondary N) is 1. The van der Waals surface area contributed by atoms with Crippen molar-refractivity contribution in [3.05, 3.63) is 48.0 Å². The highest BCUT2D eigenvalue weighted by Crippen LogP contribution is 2.22. The van der Waals surface area contributed by atoms with Crippen LogP contribution < -0.4 is 10.1 Å². The number of amides is 2. The Labute approximate surface area is 150 Å². The van der Waals surface area contributed by atoms with Crippen LogP contribution in [0.2, 0.25) is 0 Å². The molecule has 26 heavy (non-hydrogen) atoms. The molecule has 0 bridgehead atoms. The van der Waals surface area contributed by atoms with Gasteiger partial charge in [-0.3, -0.25) is 10.1 Å². The number of esters is 1. The van der Waals surface area contributed by atoms with Crippen LogP contribution in [-0.2, 0) is 19.1 Å². The van der Waals surface area contributed by atoms with Crippen LogP contribution in [-0.4, -0.2) is 38.3 Å². The van der Waals surface area contributed by atoms with E-state index in [-0.39, 0.29) is 0 Å². The van der Waals surface area contributed by atoms with Crippen molar-refractivity contribution in [2.45, 2.75) is 13.0 Å². The van der Waals surface area contributed by atoms with Gasteiger partial charge in [0.25, 0.3) is 5.91 Å². The van der Waals surface area contributed by atoms with E-state index in [1.165, 1.54) is 13.0 Å². The van der Waals surface area contributed by atoms with Crippen molar-refractivity contribution in [2.75, 3.05) is 14.2 Å². The van der Waals surface area contributed by atoms with Crippen molar-refractivity contribution in [2.24, 2.45) is 0 Å². The lowest BCUT2D eigenvalue weighted by Gasteiger charge is -2.10. The van der Waals surface area contributed by atoms with Gasteiger partial charge in [0, 0.05) is 6.08 Å². The third-order valence-electron chi connectivity index (χ3n) is 3.56. The molecule has 0 aliphatic carbocycles. The Morgan fingerprint density at radius 3 is 2.42 bits per heavy atom. The van der Waals surface area contributed by atoms with Gasteiger partial charge in [0.2, 0.25) is 0 Å². The van der Waals surface area contributed by atoms with Crippen LogP contribution in [0.4, 0.5) is 4.79 Å². The average Bonchev–Trinajstić information content (AvgIpc) is 2.65. The minimum Gasteiger partial charge on any atom is -0.497 e. The monoisotopic (exact) mass is 357 g/mol. The molecule has 0 saturated heterocycles. The maximum atomic E-state index is 11.8. The first-order valence-corrected chi connectivity index (χ1v) is 7.78. The molecule has 7 nitrogen and oxygen atoms in total. The van der Waals surface area contributed by atoms with E-state index >= 15 is 0 Å². The minimum absolute atomic E-state index is 0.702. The smallest absolute Gasteiger partial charge is 0.413 e. The third-order valence-corrected chi connectivity index (χ3v) is 3.56. The number of fused-ring (bicyclic) bond motifs is 1. The molecule has 2 aromatic carbocycles. The zero-order valence-electron chi connectivity index (χ0n) is 14.6. The van der Waals surface area contributed by atoms with E-state index in [0.717, 1.165) is 29.2 Å². The van der Waals surface area contributed by atoms with Gasteiger partial charge in [-0.1, -0.05) is 18.2 Å². The lowest BCUT2D eigenvalue weighted by atomic mass is 10.1. The minimum atomic E-state index is -1.13. The van der Waals surface area contributed by atoms with Crippen LogP contribution in [0, 0.1) is 0 Å². The van der Waals surface area contributed by atoms with E-state index in [1.807, 2.05) is 41.7 Å². The molecule has 0 aliphatic heterocycles. The fourth-order valence-corrected chi connectivity index (χ4v) is 2.16. The van der Waals surface area contributed by atoms with Gasteiger partial charge in [0.05, 0.1) is 14.2 Å². The van der Waals surface area contributed by atoms with Crippen molar-refractivity contribution in [3.8, 4) is 5.75 Å². The van der Waals surface area contributed by atoms with E-state index in [0.29, 0.717) is 0 Å². The topological polar surface area (TPSA) is 90.9 Å².